The summed E-state index contributed by atoms with van der Waals surface area (Å²) in [4.78, 5) is 4.94. The smallest absolute Gasteiger partial charge is 0.138 e. The van der Waals surface area contributed by atoms with E-state index in [0.29, 0.717) is 6.04 Å². The van der Waals surface area contributed by atoms with E-state index in [4.69, 9.17) is 16.6 Å². The molecule has 0 bridgehead atoms. The van der Waals surface area contributed by atoms with Crippen molar-refractivity contribution in [3.8, 4) is 0 Å². The van der Waals surface area contributed by atoms with Gasteiger partial charge in [0, 0.05) is 18.2 Å². The second kappa shape index (κ2) is 7.09. The minimum Gasteiger partial charge on any atom is -0.367 e. The maximum atomic E-state index is 6.26. The zero-order chi connectivity index (χ0) is 17.2. The SMILES string of the molecule is C[C@@H](c1ccccc1)c1nc2ccc(Cl)cn2c1NC1CCCCC1. The molecule has 0 amide bonds. The highest BCUT2D eigenvalue weighted by Crippen LogP contribution is 2.33. The third-order valence-electron chi connectivity index (χ3n) is 5.27. The van der Waals surface area contributed by atoms with Crippen LogP contribution in [0.25, 0.3) is 5.65 Å². The van der Waals surface area contributed by atoms with Crippen molar-refractivity contribution in [2.24, 2.45) is 0 Å². The predicted octanol–water partition coefficient (Wildman–Crippen LogP) is 5.88. The van der Waals surface area contributed by atoms with Gasteiger partial charge in [0.1, 0.15) is 11.5 Å². The lowest BCUT2D eigenvalue weighted by molar-refractivity contribution is 0.461. The highest BCUT2D eigenvalue weighted by Gasteiger charge is 2.22. The van der Waals surface area contributed by atoms with Crippen LogP contribution in [0.15, 0.2) is 48.7 Å². The van der Waals surface area contributed by atoms with Crippen molar-refractivity contribution in [1.29, 1.82) is 0 Å². The topological polar surface area (TPSA) is 29.3 Å². The van der Waals surface area contributed by atoms with Crippen molar-refractivity contribution >= 4 is 23.1 Å². The van der Waals surface area contributed by atoms with E-state index in [0.717, 1.165) is 22.2 Å². The molecule has 1 aromatic carbocycles. The fraction of sp³-hybridized carbons (Fsp3) is 0.381. The first kappa shape index (κ1) is 16.5. The molecular weight excluding hydrogens is 330 g/mol. The highest BCUT2D eigenvalue weighted by atomic mass is 35.5. The van der Waals surface area contributed by atoms with Crippen LogP contribution in [0.2, 0.25) is 5.02 Å². The molecule has 25 heavy (non-hydrogen) atoms. The molecule has 0 radical (unpaired) electrons. The van der Waals surface area contributed by atoms with Gasteiger partial charge in [0.15, 0.2) is 0 Å². The Morgan fingerprint density at radius 1 is 1.08 bits per heavy atom. The summed E-state index contributed by atoms with van der Waals surface area (Å²) < 4.78 is 2.12. The Morgan fingerprint density at radius 3 is 2.60 bits per heavy atom. The van der Waals surface area contributed by atoms with Gasteiger partial charge >= 0.3 is 0 Å². The van der Waals surface area contributed by atoms with Crippen LogP contribution in [0.4, 0.5) is 5.82 Å². The first-order chi connectivity index (χ1) is 12.2. The predicted molar refractivity (Wildman–Crippen MR) is 105 cm³/mol. The molecule has 2 heterocycles. The van der Waals surface area contributed by atoms with Crippen molar-refractivity contribution in [3.05, 3.63) is 64.9 Å². The molecule has 1 aliphatic carbocycles. The van der Waals surface area contributed by atoms with Crippen LogP contribution < -0.4 is 5.32 Å². The van der Waals surface area contributed by atoms with E-state index < -0.39 is 0 Å². The van der Waals surface area contributed by atoms with Gasteiger partial charge < -0.3 is 5.32 Å². The summed E-state index contributed by atoms with van der Waals surface area (Å²) in [6.45, 7) is 2.23. The van der Waals surface area contributed by atoms with Gasteiger partial charge in [-0.05, 0) is 30.5 Å². The molecule has 4 rings (SSSR count). The monoisotopic (exact) mass is 353 g/mol. The average molecular weight is 354 g/mol. The molecule has 0 unspecified atom stereocenters. The lowest BCUT2D eigenvalue weighted by Gasteiger charge is -2.25. The molecule has 1 saturated carbocycles. The molecule has 3 nitrogen and oxygen atoms in total. The number of pyridine rings is 1. The van der Waals surface area contributed by atoms with Crippen molar-refractivity contribution in [1.82, 2.24) is 9.38 Å². The van der Waals surface area contributed by atoms with Gasteiger partial charge in [0.25, 0.3) is 0 Å². The van der Waals surface area contributed by atoms with E-state index in [9.17, 15) is 0 Å². The van der Waals surface area contributed by atoms with Gasteiger partial charge in [-0.25, -0.2) is 4.98 Å². The molecular formula is C21H24ClN3. The summed E-state index contributed by atoms with van der Waals surface area (Å²) in [5.41, 5.74) is 3.32. The van der Waals surface area contributed by atoms with Crippen LogP contribution in [-0.4, -0.2) is 15.4 Å². The van der Waals surface area contributed by atoms with Crippen molar-refractivity contribution in [2.75, 3.05) is 5.32 Å². The molecule has 1 aliphatic rings. The Labute approximate surface area is 154 Å². The minimum atomic E-state index is 0.228. The summed E-state index contributed by atoms with van der Waals surface area (Å²) in [6, 6.07) is 15.0. The minimum absolute atomic E-state index is 0.228. The van der Waals surface area contributed by atoms with Gasteiger partial charge in [0.2, 0.25) is 0 Å². The third kappa shape index (κ3) is 3.38. The first-order valence-corrected chi connectivity index (χ1v) is 9.59. The molecule has 130 valence electrons. The average Bonchev–Trinajstić information content (AvgIpc) is 3.00. The van der Waals surface area contributed by atoms with E-state index in [2.05, 4.69) is 47.0 Å². The Bertz CT molecular complexity index is 850. The molecule has 1 N–H and O–H groups in total. The number of halogens is 1. The van der Waals surface area contributed by atoms with Crippen LogP contribution >= 0.6 is 11.6 Å². The molecule has 2 aromatic heterocycles. The summed E-state index contributed by atoms with van der Waals surface area (Å²) in [6.07, 6.45) is 8.39. The highest BCUT2D eigenvalue weighted by molar-refractivity contribution is 6.30. The number of aromatic nitrogens is 2. The number of rotatable bonds is 4. The molecule has 4 heteroatoms. The fourth-order valence-corrected chi connectivity index (χ4v) is 3.98. The van der Waals surface area contributed by atoms with Gasteiger partial charge in [-0.1, -0.05) is 68.1 Å². The fourth-order valence-electron chi connectivity index (χ4n) is 3.82. The Balaban J connectivity index is 1.77. The van der Waals surface area contributed by atoms with E-state index >= 15 is 0 Å². The number of fused-ring (bicyclic) bond motifs is 1. The van der Waals surface area contributed by atoms with Gasteiger partial charge in [0.05, 0.1) is 10.7 Å². The number of hydrogen-bond acceptors (Lipinski definition) is 2. The molecule has 0 spiro atoms. The normalized spacial score (nSPS) is 16.9. The first-order valence-electron chi connectivity index (χ1n) is 9.21. The van der Waals surface area contributed by atoms with Crippen molar-refractivity contribution in [2.45, 2.75) is 51.0 Å². The number of nitrogens with one attached hydrogen (secondary N) is 1. The number of anilines is 1. The van der Waals surface area contributed by atoms with E-state index in [1.165, 1.54) is 37.7 Å². The molecule has 3 aromatic rings. The number of hydrogen-bond donors (Lipinski definition) is 1. The third-order valence-corrected chi connectivity index (χ3v) is 5.49. The van der Waals surface area contributed by atoms with Crippen LogP contribution in [0.1, 0.15) is 56.2 Å². The standard InChI is InChI=1S/C21H24ClN3/c1-15(16-8-4-2-5-9-16)20-21(23-18-10-6-3-7-11-18)25-14-17(22)12-13-19(25)24-20/h2,4-5,8-9,12-15,18,23H,3,6-7,10-11H2,1H3/t15-/m0/s1. The number of nitrogens with zero attached hydrogens (tertiary/aromatic N) is 2. The van der Waals surface area contributed by atoms with Gasteiger partial charge in [-0.15, -0.1) is 0 Å². The summed E-state index contributed by atoms with van der Waals surface area (Å²) >= 11 is 6.26. The maximum Gasteiger partial charge on any atom is 0.138 e. The Hall–Kier alpha value is -2.00. The van der Waals surface area contributed by atoms with Crippen LogP contribution in [-0.2, 0) is 0 Å². The zero-order valence-corrected chi connectivity index (χ0v) is 15.3. The molecule has 0 aliphatic heterocycles. The van der Waals surface area contributed by atoms with Crippen molar-refractivity contribution in [3.63, 3.8) is 0 Å². The summed E-state index contributed by atoms with van der Waals surface area (Å²) in [5, 5.41) is 4.52. The van der Waals surface area contributed by atoms with E-state index in [1.54, 1.807) is 0 Å². The number of benzene rings is 1. The molecule has 0 saturated heterocycles. The van der Waals surface area contributed by atoms with Crippen molar-refractivity contribution < 1.29 is 0 Å². The molecule has 1 atom stereocenters. The van der Waals surface area contributed by atoms with Crippen LogP contribution in [0, 0.1) is 0 Å². The zero-order valence-electron chi connectivity index (χ0n) is 14.6. The maximum absolute atomic E-state index is 6.26. The van der Waals surface area contributed by atoms with Gasteiger partial charge in [-0.3, -0.25) is 4.40 Å². The second-order valence-electron chi connectivity index (χ2n) is 7.03. The van der Waals surface area contributed by atoms with E-state index in [1.807, 2.05) is 18.3 Å². The second-order valence-corrected chi connectivity index (χ2v) is 7.47. The summed E-state index contributed by atoms with van der Waals surface area (Å²) in [5.74, 6) is 1.33. The lowest BCUT2D eigenvalue weighted by Crippen LogP contribution is -2.24. The largest absolute Gasteiger partial charge is 0.367 e. The Morgan fingerprint density at radius 2 is 1.84 bits per heavy atom. The summed E-state index contributed by atoms with van der Waals surface area (Å²) in [7, 11) is 0. The molecule has 1 fully saturated rings. The number of imidazole rings is 1. The van der Waals surface area contributed by atoms with E-state index in [-0.39, 0.29) is 5.92 Å². The quantitative estimate of drug-likeness (QED) is 0.634. The lowest BCUT2D eigenvalue weighted by atomic mass is 9.94. The Kier molecular flexibility index (Phi) is 4.67. The van der Waals surface area contributed by atoms with Crippen LogP contribution in [0.3, 0.4) is 0 Å². The van der Waals surface area contributed by atoms with Crippen LogP contribution in [0.5, 0.6) is 0 Å². The van der Waals surface area contributed by atoms with Gasteiger partial charge in [-0.2, -0.15) is 0 Å².